The molecule has 6 nitrogen and oxygen atoms in total. The number of halogens is 1. The van der Waals surface area contributed by atoms with Gasteiger partial charge in [0.25, 0.3) is 0 Å². The lowest BCUT2D eigenvalue weighted by atomic mass is 9.91. The van der Waals surface area contributed by atoms with Crippen LogP contribution in [0.15, 0.2) is 39.8 Å². The lowest BCUT2D eigenvalue weighted by molar-refractivity contribution is 0.101. The Labute approximate surface area is 192 Å². The van der Waals surface area contributed by atoms with Crippen molar-refractivity contribution in [1.29, 1.82) is 0 Å². The van der Waals surface area contributed by atoms with Gasteiger partial charge in [0, 0.05) is 29.5 Å². The molecule has 1 aliphatic rings. The number of thiol groups is 1. The van der Waals surface area contributed by atoms with Crippen molar-refractivity contribution >= 4 is 29.4 Å². The van der Waals surface area contributed by atoms with Crippen LogP contribution in [0.5, 0.6) is 11.5 Å². The zero-order chi connectivity index (χ0) is 22.7. The van der Waals surface area contributed by atoms with Crippen molar-refractivity contribution in [2.45, 2.75) is 37.0 Å². The quantitative estimate of drug-likeness (QED) is 0.287. The predicted molar refractivity (Wildman–Crippen MR) is 123 cm³/mol. The maximum absolute atomic E-state index is 13.4. The van der Waals surface area contributed by atoms with Crippen molar-refractivity contribution in [2.75, 3.05) is 33.4 Å². The van der Waals surface area contributed by atoms with E-state index in [1.54, 1.807) is 25.3 Å². The summed E-state index contributed by atoms with van der Waals surface area (Å²) >= 11 is 4.43. The maximum atomic E-state index is 13.4. The number of methoxy groups -OCH3 is 1. The first-order valence-corrected chi connectivity index (χ1v) is 11.2. The molecule has 1 aliphatic heterocycles. The van der Waals surface area contributed by atoms with Gasteiger partial charge in [-0.15, -0.1) is 12.6 Å². The van der Waals surface area contributed by atoms with E-state index >= 15 is 0 Å². The smallest absolute Gasteiger partial charge is 0.174 e. The molecule has 0 radical (unpaired) electrons. The average molecular weight is 459 g/mol. The third-order valence-electron chi connectivity index (χ3n) is 5.99. The molecule has 0 unspecified atom stereocenters. The van der Waals surface area contributed by atoms with Crippen molar-refractivity contribution in [1.82, 2.24) is 10.1 Å². The van der Waals surface area contributed by atoms with E-state index in [0.29, 0.717) is 40.1 Å². The van der Waals surface area contributed by atoms with E-state index in [0.717, 1.165) is 50.0 Å². The van der Waals surface area contributed by atoms with Gasteiger partial charge in [-0.25, -0.2) is 4.39 Å². The summed E-state index contributed by atoms with van der Waals surface area (Å²) in [5.74, 6) is 1.04. The van der Waals surface area contributed by atoms with Crippen LogP contribution in [0.3, 0.4) is 0 Å². The summed E-state index contributed by atoms with van der Waals surface area (Å²) in [7, 11) is 1.55. The van der Waals surface area contributed by atoms with E-state index in [1.807, 2.05) is 0 Å². The summed E-state index contributed by atoms with van der Waals surface area (Å²) in [5, 5.41) is 5.12. The molecule has 2 heterocycles. The minimum absolute atomic E-state index is 0.0611. The van der Waals surface area contributed by atoms with Gasteiger partial charge in [0.05, 0.1) is 24.3 Å². The first-order chi connectivity index (χ1) is 15.5. The largest absolute Gasteiger partial charge is 0.492 e. The van der Waals surface area contributed by atoms with E-state index < -0.39 is 0 Å². The molecular formula is C24H27FN2O4S. The molecule has 4 rings (SSSR count). The lowest BCUT2D eigenvalue weighted by Gasteiger charge is -2.31. The van der Waals surface area contributed by atoms with Gasteiger partial charge in [-0.05, 0) is 63.5 Å². The Hall–Kier alpha value is -2.58. The van der Waals surface area contributed by atoms with Crippen LogP contribution < -0.4 is 9.47 Å². The van der Waals surface area contributed by atoms with Crippen LogP contribution in [-0.4, -0.2) is 49.2 Å². The highest BCUT2D eigenvalue weighted by atomic mass is 32.1. The van der Waals surface area contributed by atoms with Crippen molar-refractivity contribution in [3.8, 4) is 11.5 Å². The average Bonchev–Trinajstić information content (AvgIpc) is 3.20. The number of carbonyl (C=O) groups excluding carboxylic acids is 1. The van der Waals surface area contributed by atoms with Crippen molar-refractivity contribution in [3.05, 3.63) is 47.4 Å². The van der Waals surface area contributed by atoms with Gasteiger partial charge in [0.15, 0.2) is 22.9 Å². The van der Waals surface area contributed by atoms with Crippen molar-refractivity contribution in [3.63, 3.8) is 0 Å². The number of benzene rings is 2. The summed E-state index contributed by atoms with van der Waals surface area (Å²) in [5.41, 5.74) is 1.97. The Kier molecular flexibility index (Phi) is 7.01. The molecule has 2 aromatic carbocycles. The second-order valence-corrected chi connectivity index (χ2v) is 8.52. The third-order valence-corrected chi connectivity index (χ3v) is 6.44. The van der Waals surface area contributed by atoms with Crippen molar-refractivity contribution < 1.29 is 23.2 Å². The summed E-state index contributed by atoms with van der Waals surface area (Å²) in [6, 6.07) is 8.08. The van der Waals surface area contributed by atoms with Crippen LogP contribution in [-0.2, 0) is 0 Å². The van der Waals surface area contributed by atoms with Gasteiger partial charge in [0.1, 0.15) is 5.82 Å². The first-order valence-electron chi connectivity index (χ1n) is 10.8. The number of hydrogen-bond acceptors (Lipinski definition) is 7. The zero-order valence-electron chi connectivity index (χ0n) is 18.3. The number of hydrogen-bond donors (Lipinski definition) is 1. The van der Waals surface area contributed by atoms with Gasteiger partial charge in [-0.3, -0.25) is 4.79 Å². The van der Waals surface area contributed by atoms with Crippen LogP contribution >= 0.6 is 12.6 Å². The molecule has 1 fully saturated rings. The first kappa shape index (κ1) is 22.6. The topological polar surface area (TPSA) is 64.8 Å². The van der Waals surface area contributed by atoms with Crippen LogP contribution in [0.25, 0.3) is 11.0 Å². The number of aromatic nitrogens is 1. The number of ether oxygens (including phenoxy) is 2. The van der Waals surface area contributed by atoms with E-state index in [-0.39, 0.29) is 11.6 Å². The van der Waals surface area contributed by atoms with Crippen molar-refractivity contribution in [2.24, 2.45) is 0 Å². The molecule has 0 saturated carbocycles. The molecule has 0 bridgehead atoms. The van der Waals surface area contributed by atoms with Crippen LogP contribution in [0.2, 0.25) is 0 Å². The Balaban J connectivity index is 1.26. The fourth-order valence-electron chi connectivity index (χ4n) is 4.27. The molecule has 1 saturated heterocycles. The third kappa shape index (κ3) is 4.76. The molecule has 0 atom stereocenters. The number of ketones is 1. The minimum atomic E-state index is -0.310. The van der Waals surface area contributed by atoms with Crippen LogP contribution in [0.1, 0.15) is 48.2 Å². The normalized spacial score (nSPS) is 15.2. The number of carbonyl (C=O) groups is 1. The number of rotatable bonds is 8. The monoisotopic (exact) mass is 458 g/mol. The molecule has 0 aliphatic carbocycles. The van der Waals surface area contributed by atoms with Gasteiger partial charge in [-0.1, -0.05) is 5.16 Å². The predicted octanol–water partition coefficient (Wildman–Crippen LogP) is 5.12. The summed E-state index contributed by atoms with van der Waals surface area (Å²) in [6.07, 6.45) is 2.85. The molecule has 32 heavy (non-hydrogen) atoms. The number of piperidine rings is 1. The van der Waals surface area contributed by atoms with Gasteiger partial charge in [-0.2, -0.15) is 0 Å². The molecular weight excluding hydrogens is 431 g/mol. The molecule has 170 valence electrons. The number of nitrogens with zero attached hydrogens (tertiary/aromatic N) is 2. The molecule has 8 heteroatoms. The lowest BCUT2D eigenvalue weighted by Crippen LogP contribution is -2.34. The molecule has 1 aromatic heterocycles. The highest BCUT2D eigenvalue weighted by molar-refractivity contribution is 7.80. The maximum Gasteiger partial charge on any atom is 0.174 e. The number of fused-ring (bicyclic) bond motifs is 1. The van der Waals surface area contributed by atoms with Crippen LogP contribution in [0, 0.1) is 5.82 Å². The van der Waals surface area contributed by atoms with Gasteiger partial charge in [0.2, 0.25) is 0 Å². The summed E-state index contributed by atoms with van der Waals surface area (Å²) < 4.78 is 30.0. The van der Waals surface area contributed by atoms with E-state index in [4.69, 9.17) is 14.0 Å². The zero-order valence-corrected chi connectivity index (χ0v) is 19.2. The fourth-order valence-corrected chi connectivity index (χ4v) is 4.71. The Morgan fingerprint density at radius 3 is 2.78 bits per heavy atom. The Morgan fingerprint density at radius 2 is 2.06 bits per heavy atom. The van der Waals surface area contributed by atoms with E-state index in [2.05, 4.69) is 22.7 Å². The van der Waals surface area contributed by atoms with Gasteiger partial charge >= 0.3 is 0 Å². The molecule has 0 amide bonds. The second-order valence-electron chi connectivity index (χ2n) is 8.08. The van der Waals surface area contributed by atoms with E-state index in [1.165, 1.54) is 19.1 Å². The Bertz CT molecular complexity index is 1110. The highest BCUT2D eigenvalue weighted by Crippen LogP contribution is 2.37. The summed E-state index contributed by atoms with van der Waals surface area (Å²) in [6.45, 7) is 4.92. The SMILES string of the molecule is COc1c(OCCCN2CCC(c3noc4cc(F)ccc34)CC2)ccc(C(C)=O)c1S. The number of Topliss-reactive ketones (excluding diaryl/α,β-unsaturated/α-hetero) is 1. The van der Waals surface area contributed by atoms with Crippen LogP contribution in [0.4, 0.5) is 4.39 Å². The fraction of sp³-hybridized carbons (Fsp3) is 0.417. The molecule has 0 N–H and O–H groups in total. The molecule has 0 spiro atoms. The summed E-state index contributed by atoms with van der Waals surface area (Å²) in [4.78, 5) is 14.6. The Morgan fingerprint density at radius 1 is 1.28 bits per heavy atom. The minimum Gasteiger partial charge on any atom is -0.492 e. The van der Waals surface area contributed by atoms with Gasteiger partial charge < -0.3 is 18.9 Å². The highest BCUT2D eigenvalue weighted by Gasteiger charge is 2.25. The van der Waals surface area contributed by atoms with E-state index in [9.17, 15) is 9.18 Å². The molecule has 3 aromatic rings. The number of likely N-dealkylation sites (tertiary alicyclic amines) is 1. The standard InChI is InChI=1S/C24H27FN2O4S/c1-15(28)18-6-7-20(23(29-2)24(18)32)30-13-3-10-27-11-8-16(9-12-27)22-19-5-4-17(25)14-21(19)31-26-22/h4-7,14,16,32H,3,8-13H2,1-2H3. The second kappa shape index (κ2) is 9.92.